The lowest BCUT2D eigenvalue weighted by Crippen LogP contribution is -2.61. The fraction of sp³-hybridized carbons (Fsp3) is 0.455. The highest BCUT2D eigenvalue weighted by Gasteiger charge is 2.43. The third-order valence-corrected chi connectivity index (χ3v) is 6.48. The number of hydrogen-bond donors (Lipinski definition) is 3. The highest BCUT2D eigenvalue weighted by molar-refractivity contribution is 5.87. The van der Waals surface area contributed by atoms with E-state index in [-0.39, 0.29) is 49.8 Å². The Bertz CT molecular complexity index is 1160. The van der Waals surface area contributed by atoms with Gasteiger partial charge < -0.3 is 26.6 Å². The number of piperidine rings is 2. The van der Waals surface area contributed by atoms with Crippen molar-refractivity contribution in [1.82, 2.24) is 14.9 Å². The molecule has 2 saturated heterocycles. The summed E-state index contributed by atoms with van der Waals surface area (Å²) in [6.45, 7) is 0.507. The van der Waals surface area contributed by atoms with Crippen molar-refractivity contribution in [2.45, 2.75) is 37.5 Å². The number of nitrogen functional groups attached to an aromatic ring is 1. The maximum Gasteiger partial charge on any atom is 0.416 e. The molecule has 1 aromatic heterocycles. The number of likely N-dealkylation sites (tertiary alicyclic amines) is 1. The van der Waals surface area contributed by atoms with E-state index in [2.05, 4.69) is 15.3 Å². The highest BCUT2D eigenvalue weighted by Crippen LogP contribution is 2.33. The number of nitrogens with one attached hydrogen (secondary N) is 1. The van der Waals surface area contributed by atoms with Gasteiger partial charge in [-0.1, -0.05) is 0 Å². The van der Waals surface area contributed by atoms with Crippen molar-refractivity contribution in [2.24, 2.45) is 11.7 Å². The summed E-state index contributed by atoms with van der Waals surface area (Å²) in [5.41, 5.74) is 9.76. The third kappa shape index (κ3) is 5.11. The molecule has 0 radical (unpaired) electrons. The monoisotopic (exact) mass is 513 g/mol. The summed E-state index contributed by atoms with van der Waals surface area (Å²) in [6.07, 6.45) is -2.71. The molecule has 5 N–H and O–H groups in total. The zero-order valence-electron chi connectivity index (χ0n) is 18.9. The van der Waals surface area contributed by atoms with Crippen LogP contribution in [0.1, 0.15) is 24.8 Å². The average Bonchev–Trinajstić information content (AvgIpc) is 2.81. The third-order valence-electron chi connectivity index (χ3n) is 6.48. The SMILES string of the molecule is NC(=O)[C@H]1CCN(c2ncnc(N)c2F)C[C@@H]1N1CCC[C@@H](Nc2cc(F)cc(C(F)(F)F)c2)C1=O. The second kappa shape index (κ2) is 9.74. The Labute approximate surface area is 202 Å². The molecule has 2 aliphatic heterocycles. The van der Waals surface area contributed by atoms with Crippen molar-refractivity contribution in [3.63, 3.8) is 0 Å². The average molecular weight is 513 g/mol. The van der Waals surface area contributed by atoms with Crippen LogP contribution in [0.2, 0.25) is 0 Å². The van der Waals surface area contributed by atoms with Crippen LogP contribution in [0.15, 0.2) is 24.5 Å². The van der Waals surface area contributed by atoms with Gasteiger partial charge in [-0.15, -0.1) is 0 Å². The molecule has 14 heteroatoms. The Balaban J connectivity index is 1.57. The van der Waals surface area contributed by atoms with Crippen LogP contribution in [-0.2, 0) is 15.8 Å². The number of benzene rings is 1. The number of nitrogens with two attached hydrogens (primary N) is 2. The molecule has 2 aromatic rings. The van der Waals surface area contributed by atoms with Crippen molar-refractivity contribution in [2.75, 3.05) is 35.6 Å². The van der Waals surface area contributed by atoms with Gasteiger partial charge in [0.05, 0.1) is 17.5 Å². The Kier molecular flexibility index (Phi) is 6.87. The lowest BCUT2D eigenvalue weighted by molar-refractivity contribution is -0.140. The lowest BCUT2D eigenvalue weighted by Gasteiger charge is -2.46. The smallest absolute Gasteiger partial charge is 0.381 e. The molecule has 3 heterocycles. The number of rotatable bonds is 5. The molecule has 0 spiro atoms. The number of halogens is 5. The minimum atomic E-state index is -4.76. The summed E-state index contributed by atoms with van der Waals surface area (Å²) < 4.78 is 67.7. The zero-order chi connectivity index (χ0) is 26.2. The van der Waals surface area contributed by atoms with E-state index in [1.807, 2.05) is 0 Å². The molecule has 2 fully saturated rings. The molecule has 2 amide bonds. The lowest BCUT2D eigenvalue weighted by atomic mass is 9.87. The van der Waals surface area contributed by atoms with Gasteiger partial charge >= 0.3 is 6.18 Å². The van der Waals surface area contributed by atoms with E-state index in [1.54, 1.807) is 4.90 Å². The van der Waals surface area contributed by atoms with E-state index in [9.17, 15) is 31.5 Å². The maximum atomic E-state index is 14.6. The van der Waals surface area contributed by atoms with Crippen LogP contribution in [0.3, 0.4) is 0 Å². The number of alkyl halides is 3. The molecule has 36 heavy (non-hydrogen) atoms. The largest absolute Gasteiger partial charge is 0.416 e. The van der Waals surface area contributed by atoms with Crippen molar-refractivity contribution < 1.29 is 31.5 Å². The topological polar surface area (TPSA) is 130 Å². The van der Waals surface area contributed by atoms with Crippen molar-refractivity contribution in [3.8, 4) is 0 Å². The van der Waals surface area contributed by atoms with Crippen LogP contribution >= 0.6 is 0 Å². The van der Waals surface area contributed by atoms with E-state index >= 15 is 0 Å². The Morgan fingerprint density at radius 2 is 1.86 bits per heavy atom. The molecule has 4 rings (SSSR count). The van der Waals surface area contributed by atoms with Gasteiger partial charge in [0.1, 0.15) is 18.2 Å². The van der Waals surface area contributed by atoms with E-state index in [1.165, 1.54) is 4.90 Å². The maximum absolute atomic E-state index is 14.6. The first kappa shape index (κ1) is 25.4. The molecular formula is C22H24F5N7O2. The van der Waals surface area contributed by atoms with Crippen LogP contribution in [-0.4, -0.2) is 58.4 Å². The number of nitrogens with zero attached hydrogens (tertiary/aromatic N) is 4. The summed E-state index contributed by atoms with van der Waals surface area (Å²) in [6, 6.07) is 0.261. The van der Waals surface area contributed by atoms with Gasteiger partial charge in [0, 0.05) is 25.3 Å². The molecule has 1 aromatic carbocycles. The summed E-state index contributed by atoms with van der Waals surface area (Å²) in [5, 5.41) is 2.70. The first-order valence-corrected chi connectivity index (χ1v) is 11.2. The molecule has 9 nitrogen and oxygen atoms in total. The van der Waals surface area contributed by atoms with Gasteiger partial charge in [0.15, 0.2) is 11.6 Å². The molecule has 0 unspecified atom stereocenters. The Morgan fingerprint density at radius 1 is 1.11 bits per heavy atom. The minimum absolute atomic E-state index is 0.0254. The van der Waals surface area contributed by atoms with Gasteiger partial charge in [-0.05, 0) is 37.5 Å². The number of carbonyl (C=O) groups is 2. The van der Waals surface area contributed by atoms with E-state index in [0.29, 0.717) is 12.5 Å². The van der Waals surface area contributed by atoms with Crippen LogP contribution in [0.4, 0.5) is 39.3 Å². The van der Waals surface area contributed by atoms with Crippen LogP contribution < -0.4 is 21.7 Å². The predicted octanol–water partition coefficient (Wildman–Crippen LogP) is 2.14. The van der Waals surface area contributed by atoms with Crippen LogP contribution in [0.25, 0.3) is 0 Å². The predicted molar refractivity (Wildman–Crippen MR) is 119 cm³/mol. The van der Waals surface area contributed by atoms with Gasteiger partial charge in [0.25, 0.3) is 0 Å². The highest BCUT2D eigenvalue weighted by atomic mass is 19.4. The van der Waals surface area contributed by atoms with Gasteiger partial charge in [-0.3, -0.25) is 9.59 Å². The van der Waals surface area contributed by atoms with Gasteiger partial charge in [-0.2, -0.15) is 17.6 Å². The molecule has 3 atom stereocenters. The fourth-order valence-electron chi connectivity index (χ4n) is 4.77. The summed E-state index contributed by atoms with van der Waals surface area (Å²) in [5.74, 6) is -4.21. The Morgan fingerprint density at radius 3 is 2.56 bits per heavy atom. The molecule has 194 valence electrons. The molecular weight excluding hydrogens is 489 g/mol. The second-order valence-corrected chi connectivity index (χ2v) is 8.80. The number of carbonyl (C=O) groups excluding carboxylic acids is 2. The van der Waals surface area contributed by atoms with Crippen molar-refractivity contribution in [3.05, 3.63) is 41.7 Å². The minimum Gasteiger partial charge on any atom is -0.381 e. The number of primary amides is 1. The summed E-state index contributed by atoms with van der Waals surface area (Å²) in [4.78, 5) is 36.1. The first-order chi connectivity index (χ1) is 17.0. The van der Waals surface area contributed by atoms with E-state index < -0.39 is 53.2 Å². The second-order valence-electron chi connectivity index (χ2n) is 8.80. The molecule has 0 bridgehead atoms. The first-order valence-electron chi connectivity index (χ1n) is 11.2. The molecule has 0 aliphatic carbocycles. The Hall–Kier alpha value is -3.71. The fourth-order valence-corrected chi connectivity index (χ4v) is 4.77. The van der Waals surface area contributed by atoms with Crippen molar-refractivity contribution >= 4 is 29.1 Å². The molecule has 0 saturated carbocycles. The van der Waals surface area contributed by atoms with Crippen LogP contribution in [0, 0.1) is 17.6 Å². The quantitative estimate of drug-likeness (QED) is 0.523. The van der Waals surface area contributed by atoms with Crippen molar-refractivity contribution in [1.29, 1.82) is 0 Å². The van der Waals surface area contributed by atoms with Gasteiger partial charge in [0.2, 0.25) is 17.6 Å². The number of anilines is 3. The standard InChI is InChI=1S/C22H24F5N7O2/c23-12-6-11(22(25,26)27)7-13(8-12)32-15-2-1-4-34(21(15)36)16-9-33(5-3-14(16)19(29)35)20-17(24)18(28)30-10-31-20/h6-8,10,14-16,32H,1-5,9H2,(H2,29,35)(H2,28,30,31)/t14-,15+,16-/m0/s1. The van der Waals surface area contributed by atoms with E-state index in [4.69, 9.17) is 11.5 Å². The number of hydrogen-bond acceptors (Lipinski definition) is 7. The van der Waals surface area contributed by atoms with Crippen LogP contribution in [0.5, 0.6) is 0 Å². The summed E-state index contributed by atoms with van der Waals surface area (Å²) in [7, 11) is 0. The number of amides is 2. The number of aromatic nitrogens is 2. The summed E-state index contributed by atoms with van der Waals surface area (Å²) >= 11 is 0. The van der Waals surface area contributed by atoms with E-state index in [0.717, 1.165) is 18.5 Å². The normalized spacial score (nSPS) is 23.0. The molecule has 2 aliphatic rings. The zero-order valence-corrected chi connectivity index (χ0v) is 18.9. The van der Waals surface area contributed by atoms with Gasteiger partial charge in [-0.25, -0.2) is 14.4 Å².